The van der Waals surface area contributed by atoms with Crippen molar-refractivity contribution in [3.05, 3.63) is 96.1 Å². The summed E-state index contributed by atoms with van der Waals surface area (Å²) in [6.45, 7) is -0.256. The van der Waals surface area contributed by atoms with E-state index in [0.717, 1.165) is 11.1 Å². The molecule has 0 spiro atoms. The molecule has 1 atom stereocenters. The highest BCUT2D eigenvalue weighted by Gasteiger charge is 2.19. The van der Waals surface area contributed by atoms with Gasteiger partial charge in [-0.3, -0.25) is 0 Å². The van der Waals surface area contributed by atoms with E-state index in [1.165, 1.54) is 12.1 Å². The summed E-state index contributed by atoms with van der Waals surface area (Å²) in [6.07, 6.45) is -0.554. The van der Waals surface area contributed by atoms with Crippen molar-refractivity contribution < 1.29 is 27.8 Å². The molecule has 0 fully saturated rings. The molecule has 3 rings (SSSR count). The molecule has 162 valence electrons. The molecule has 0 aliphatic carbocycles. The standard InChI is InChI=1S/C23H23NO6S/c25-16-20(24-31(27,28)22-9-5-2-6-10-22)15-18-11-13-21(14-12-18)30-23(26)29-17-19-7-3-1-4-8-19/h1-14,20,24-25H,15-17H2/t20-/m1/s1. The molecule has 31 heavy (non-hydrogen) atoms. The Morgan fingerprint density at radius 3 is 2.10 bits per heavy atom. The molecule has 0 aliphatic rings. The number of carbonyl (C=O) groups excluding carboxylic acids is 1. The van der Waals surface area contributed by atoms with E-state index in [9.17, 15) is 18.3 Å². The van der Waals surface area contributed by atoms with E-state index in [-0.39, 0.29) is 24.5 Å². The van der Waals surface area contributed by atoms with Crippen molar-refractivity contribution in [2.45, 2.75) is 24.0 Å². The SMILES string of the molecule is O=C(OCc1ccccc1)Oc1ccc(C[C@H](CO)NS(=O)(=O)c2ccccc2)cc1. The van der Waals surface area contributed by atoms with Crippen LogP contribution in [-0.4, -0.2) is 32.3 Å². The van der Waals surface area contributed by atoms with E-state index in [4.69, 9.17) is 9.47 Å². The summed E-state index contributed by atoms with van der Waals surface area (Å²) in [4.78, 5) is 12.0. The Kier molecular flexibility index (Phi) is 7.77. The first kappa shape index (κ1) is 22.5. The topological polar surface area (TPSA) is 102 Å². The molecule has 0 bridgehead atoms. The molecule has 0 saturated carbocycles. The number of hydrogen-bond acceptors (Lipinski definition) is 6. The van der Waals surface area contributed by atoms with Gasteiger partial charge in [-0.25, -0.2) is 17.9 Å². The zero-order valence-electron chi connectivity index (χ0n) is 16.7. The summed E-state index contributed by atoms with van der Waals surface area (Å²) in [6, 6.07) is 23.1. The first-order valence-electron chi connectivity index (χ1n) is 9.62. The summed E-state index contributed by atoms with van der Waals surface area (Å²) in [7, 11) is -3.74. The van der Waals surface area contributed by atoms with Crippen molar-refractivity contribution in [1.29, 1.82) is 0 Å². The van der Waals surface area contributed by atoms with Gasteiger partial charge in [-0.15, -0.1) is 0 Å². The van der Waals surface area contributed by atoms with Crippen LogP contribution in [-0.2, 0) is 27.8 Å². The number of aliphatic hydroxyl groups excluding tert-OH is 1. The maximum atomic E-state index is 12.4. The van der Waals surface area contributed by atoms with Gasteiger partial charge >= 0.3 is 6.16 Å². The third-order valence-corrected chi connectivity index (χ3v) is 5.94. The highest BCUT2D eigenvalue weighted by Crippen LogP contribution is 2.16. The molecular formula is C23H23NO6S. The maximum absolute atomic E-state index is 12.4. The summed E-state index contributed by atoms with van der Waals surface area (Å²) in [5.41, 5.74) is 1.61. The minimum atomic E-state index is -3.74. The number of rotatable bonds is 9. The fourth-order valence-electron chi connectivity index (χ4n) is 2.85. The fraction of sp³-hybridized carbons (Fsp3) is 0.174. The van der Waals surface area contributed by atoms with Gasteiger partial charge in [0.25, 0.3) is 0 Å². The van der Waals surface area contributed by atoms with E-state index in [1.807, 2.05) is 30.3 Å². The second-order valence-corrected chi connectivity index (χ2v) is 8.50. The van der Waals surface area contributed by atoms with Crippen LogP contribution in [0.2, 0.25) is 0 Å². The van der Waals surface area contributed by atoms with E-state index in [1.54, 1.807) is 42.5 Å². The van der Waals surface area contributed by atoms with Gasteiger partial charge in [0, 0.05) is 6.04 Å². The zero-order valence-corrected chi connectivity index (χ0v) is 17.5. The third kappa shape index (κ3) is 6.92. The normalized spacial score (nSPS) is 12.2. The molecule has 0 saturated heterocycles. The first-order valence-corrected chi connectivity index (χ1v) is 11.1. The van der Waals surface area contributed by atoms with Crippen molar-refractivity contribution in [1.82, 2.24) is 4.72 Å². The van der Waals surface area contributed by atoms with Crippen LogP contribution < -0.4 is 9.46 Å². The monoisotopic (exact) mass is 441 g/mol. The summed E-state index contributed by atoms with van der Waals surface area (Å²) in [5, 5.41) is 9.61. The van der Waals surface area contributed by atoms with Crippen LogP contribution in [0.5, 0.6) is 5.75 Å². The number of sulfonamides is 1. The smallest absolute Gasteiger partial charge is 0.429 e. The molecule has 0 amide bonds. The predicted molar refractivity (Wildman–Crippen MR) is 115 cm³/mol. The second-order valence-electron chi connectivity index (χ2n) is 6.79. The molecule has 3 aromatic rings. The molecule has 7 nitrogen and oxygen atoms in total. The Balaban J connectivity index is 1.53. The largest absolute Gasteiger partial charge is 0.514 e. The number of nitrogens with one attached hydrogen (secondary N) is 1. The quantitative estimate of drug-likeness (QED) is 0.390. The van der Waals surface area contributed by atoms with Gasteiger partial charge in [-0.05, 0) is 41.8 Å². The molecule has 0 unspecified atom stereocenters. The fourth-order valence-corrected chi connectivity index (χ4v) is 4.10. The third-order valence-electron chi connectivity index (χ3n) is 4.40. The van der Waals surface area contributed by atoms with E-state index < -0.39 is 22.2 Å². The van der Waals surface area contributed by atoms with Gasteiger partial charge in [0.2, 0.25) is 10.0 Å². The minimum Gasteiger partial charge on any atom is -0.429 e. The lowest BCUT2D eigenvalue weighted by atomic mass is 10.1. The Labute approximate surface area is 181 Å². The van der Waals surface area contributed by atoms with E-state index in [0.29, 0.717) is 5.75 Å². The summed E-state index contributed by atoms with van der Waals surface area (Å²) >= 11 is 0. The van der Waals surface area contributed by atoms with Crippen LogP contribution in [0.1, 0.15) is 11.1 Å². The number of aliphatic hydroxyl groups is 1. The molecule has 8 heteroatoms. The van der Waals surface area contributed by atoms with Crippen molar-refractivity contribution in [2.24, 2.45) is 0 Å². The highest BCUT2D eigenvalue weighted by molar-refractivity contribution is 7.89. The minimum absolute atomic E-state index is 0.109. The Bertz CT molecular complexity index is 1070. The van der Waals surface area contributed by atoms with Crippen LogP contribution in [0.25, 0.3) is 0 Å². The van der Waals surface area contributed by atoms with Crippen molar-refractivity contribution in [3.8, 4) is 5.75 Å². The second kappa shape index (κ2) is 10.7. The van der Waals surface area contributed by atoms with E-state index in [2.05, 4.69) is 4.72 Å². The summed E-state index contributed by atoms with van der Waals surface area (Å²) in [5.74, 6) is 0.298. The maximum Gasteiger partial charge on any atom is 0.514 e. The lowest BCUT2D eigenvalue weighted by Crippen LogP contribution is -2.39. The Hall–Kier alpha value is -3.20. The predicted octanol–water partition coefficient (Wildman–Crippen LogP) is 3.28. The average molecular weight is 442 g/mol. The van der Waals surface area contributed by atoms with Crippen molar-refractivity contribution >= 4 is 16.2 Å². The Morgan fingerprint density at radius 1 is 0.871 bits per heavy atom. The molecule has 3 aromatic carbocycles. The first-order chi connectivity index (χ1) is 15.0. The van der Waals surface area contributed by atoms with Crippen LogP contribution in [0, 0.1) is 0 Å². The molecule has 0 heterocycles. The van der Waals surface area contributed by atoms with Crippen LogP contribution >= 0.6 is 0 Å². The van der Waals surface area contributed by atoms with Gasteiger partial charge in [-0.1, -0.05) is 60.7 Å². The van der Waals surface area contributed by atoms with Crippen LogP contribution in [0.15, 0.2) is 89.8 Å². The van der Waals surface area contributed by atoms with E-state index >= 15 is 0 Å². The lowest BCUT2D eigenvalue weighted by Gasteiger charge is -2.17. The lowest BCUT2D eigenvalue weighted by molar-refractivity contribution is 0.0927. The number of hydrogen-bond donors (Lipinski definition) is 2. The van der Waals surface area contributed by atoms with Gasteiger partial charge in [-0.2, -0.15) is 0 Å². The molecule has 0 aliphatic heterocycles. The number of carbonyl (C=O) groups is 1. The molecule has 0 radical (unpaired) electrons. The van der Waals surface area contributed by atoms with Gasteiger partial charge in [0.15, 0.2) is 0 Å². The van der Waals surface area contributed by atoms with Crippen LogP contribution in [0.4, 0.5) is 4.79 Å². The van der Waals surface area contributed by atoms with Gasteiger partial charge < -0.3 is 14.6 Å². The molecule has 2 N–H and O–H groups in total. The molecular weight excluding hydrogens is 418 g/mol. The van der Waals surface area contributed by atoms with Crippen molar-refractivity contribution in [3.63, 3.8) is 0 Å². The zero-order chi connectivity index (χ0) is 22.1. The van der Waals surface area contributed by atoms with Gasteiger partial charge in [0.05, 0.1) is 11.5 Å². The average Bonchev–Trinajstić information content (AvgIpc) is 2.79. The number of ether oxygens (including phenoxy) is 2. The highest BCUT2D eigenvalue weighted by atomic mass is 32.2. The molecule has 0 aromatic heterocycles. The summed E-state index contributed by atoms with van der Waals surface area (Å²) < 4.78 is 37.6. The van der Waals surface area contributed by atoms with Gasteiger partial charge in [0.1, 0.15) is 12.4 Å². The number of benzene rings is 3. The van der Waals surface area contributed by atoms with Crippen LogP contribution in [0.3, 0.4) is 0 Å². The van der Waals surface area contributed by atoms with Crippen molar-refractivity contribution in [2.75, 3.05) is 6.61 Å². The Morgan fingerprint density at radius 2 is 1.48 bits per heavy atom.